The number of hydrogen-bond acceptors (Lipinski definition) is 11. The molecular formula is C79H133N7O11Pt2-6. The van der Waals surface area contributed by atoms with E-state index in [2.05, 4.69) is 86.7 Å². The summed E-state index contributed by atoms with van der Waals surface area (Å²) in [7, 11) is 0. The van der Waals surface area contributed by atoms with Crippen LogP contribution < -0.4 is 15.5 Å². The Kier molecular flexibility index (Phi) is 35.7. The molecule has 20 atom stereocenters. The van der Waals surface area contributed by atoms with Crippen molar-refractivity contribution in [3.05, 3.63) is 46.2 Å². The molecule has 18 nitrogen and oxygen atoms in total. The summed E-state index contributed by atoms with van der Waals surface area (Å²) < 4.78 is 12.0. The van der Waals surface area contributed by atoms with Crippen molar-refractivity contribution in [3.8, 4) is 0 Å². The molecule has 10 aliphatic carbocycles. The first-order valence-electron chi connectivity index (χ1n) is 39.0. The van der Waals surface area contributed by atoms with E-state index in [1.165, 1.54) is 137 Å². The van der Waals surface area contributed by atoms with Gasteiger partial charge in [0.1, 0.15) is 6.10 Å². The molecule has 0 aliphatic heterocycles. The van der Waals surface area contributed by atoms with Crippen molar-refractivity contribution in [1.82, 2.24) is 15.1 Å². The number of carboxylic acids is 4. The summed E-state index contributed by atoms with van der Waals surface area (Å²) in [6.45, 7) is 23.9. The van der Waals surface area contributed by atoms with E-state index in [1.807, 2.05) is 0 Å². The van der Waals surface area contributed by atoms with Gasteiger partial charge < -0.3 is 67.7 Å². The van der Waals surface area contributed by atoms with Crippen LogP contribution in [0.1, 0.15) is 262 Å². The van der Waals surface area contributed by atoms with Gasteiger partial charge in [0.05, 0.1) is 37.7 Å². The monoisotopic (exact) mass is 1750 g/mol. The minimum Gasteiger partial charge on any atom is -0.676 e. The second-order valence-corrected chi connectivity index (χ2v) is 34.5. The summed E-state index contributed by atoms with van der Waals surface area (Å²) in [5.74, 6) is 4.97. The molecule has 0 aromatic rings. The molecule has 576 valence electrons. The quantitative estimate of drug-likeness (QED) is 0.0679. The maximum absolute atomic E-state index is 12.5. The van der Waals surface area contributed by atoms with Crippen molar-refractivity contribution in [2.24, 2.45) is 92.7 Å². The van der Waals surface area contributed by atoms with E-state index in [-0.39, 0.29) is 122 Å². The number of nitrogens with zero attached hydrogens (tertiary/aromatic N) is 2. The van der Waals surface area contributed by atoms with E-state index in [0.29, 0.717) is 23.4 Å². The first-order chi connectivity index (χ1) is 45.9. The smallest absolute Gasteiger partial charge is 0.407 e. The van der Waals surface area contributed by atoms with Crippen LogP contribution in [0.5, 0.6) is 0 Å². The van der Waals surface area contributed by atoms with E-state index < -0.39 is 43.1 Å². The third kappa shape index (κ3) is 23.9. The fourth-order valence-electron chi connectivity index (χ4n) is 21.8. The summed E-state index contributed by atoms with van der Waals surface area (Å²) in [6.07, 6.45) is 40.4. The van der Waals surface area contributed by atoms with E-state index in [1.54, 1.807) is 5.57 Å². The molecule has 10 rings (SSSR count). The van der Waals surface area contributed by atoms with Gasteiger partial charge in [-0.25, -0.2) is 4.79 Å². The first-order valence-corrected chi connectivity index (χ1v) is 39.0. The average Bonchev–Trinajstić information content (AvgIpc) is 1.71. The summed E-state index contributed by atoms with van der Waals surface area (Å²) >= 11 is 0. The Bertz CT molecular complexity index is 2530. The minimum atomic E-state index is -1.35. The van der Waals surface area contributed by atoms with Gasteiger partial charge in [-0.2, -0.15) is 24.2 Å². The van der Waals surface area contributed by atoms with Crippen LogP contribution in [-0.2, 0) is 70.8 Å². The Morgan fingerprint density at radius 3 is 1.30 bits per heavy atom. The van der Waals surface area contributed by atoms with Gasteiger partial charge in [0.2, 0.25) is 0 Å². The van der Waals surface area contributed by atoms with E-state index in [9.17, 15) is 34.2 Å². The van der Waals surface area contributed by atoms with E-state index in [0.717, 1.165) is 136 Å². The van der Waals surface area contributed by atoms with Crippen LogP contribution in [0.2, 0.25) is 0 Å². The molecule has 1 amide bonds. The summed E-state index contributed by atoms with van der Waals surface area (Å²) in [4.78, 5) is 59.0. The predicted octanol–water partition coefficient (Wildman–Crippen LogP) is 15.6. The molecule has 20 heteroatoms. The van der Waals surface area contributed by atoms with Crippen LogP contribution in [0, 0.1) is 92.7 Å². The molecule has 0 aromatic heterocycles. The standard InChI is InChI=1S/C34H56N2O6.C33H55NO5.2C6H12N2.2Pt/c1-22(2)7-6-8-23(3)27-11-12-28-26-10-9-24-19-25(13-15-33(24,4)29(26)14-16-34(27,28)5)42-32(41)35-17-18-36(20-30(37)38)21-31(39)40;1-22(2)7-6-8-23(3)27-11-12-28-26-10-9-24-19-25(39-18-17-34(20-30(35)36)21-31(37)38)13-15-32(24,4)29(26)14-16-33(27,28)5;2*7-5-3-1-2-4-6(5)8;;/h9,22-23,25-29H,6-8,10-21H2,1-5H3,(H,35,41)(H,37,38)(H,39,40);9,22-23,25-29H,6-8,10-21H2,1-5H3,(H,35,36)(H,37,38);2*5-8H,1-4H2;;/q;;2*-2;;/p-2/t23-,25+,26?,27-,28?,29?,33+,34-;23-,25+,26?,27-,28?,29?,32+,33-;2*5-,6-;;/m1111../s1. The number of fused-ring (bicyclic) bond motifs is 10. The number of alkyl carbamates (subject to hydrolysis) is 1. The molecule has 8 saturated carbocycles. The molecular weight excluding hydrogens is 1610 g/mol. The van der Waals surface area contributed by atoms with Gasteiger partial charge in [0.25, 0.3) is 0 Å². The molecule has 0 aromatic carbocycles. The van der Waals surface area contributed by atoms with Crippen LogP contribution in [0.4, 0.5) is 4.79 Å². The van der Waals surface area contributed by atoms with Gasteiger partial charge in [0, 0.05) is 81.3 Å². The van der Waals surface area contributed by atoms with Gasteiger partial charge in [-0.15, -0.1) is 0 Å². The Morgan fingerprint density at radius 1 is 0.525 bits per heavy atom. The summed E-state index contributed by atoms with van der Waals surface area (Å²) in [6, 6.07) is -0.319. The van der Waals surface area contributed by atoms with E-state index >= 15 is 0 Å². The number of amides is 1. The molecule has 0 heterocycles. The average molecular weight is 1750 g/mol. The number of ether oxygens (including phenoxy) is 2. The van der Waals surface area contributed by atoms with Gasteiger partial charge in [-0.1, -0.05) is 182 Å². The molecule has 7 N–H and O–H groups in total. The Morgan fingerprint density at radius 2 is 0.919 bits per heavy atom. The number of aliphatic carboxylic acids is 4. The van der Waals surface area contributed by atoms with Gasteiger partial charge in [-0.3, -0.25) is 19.4 Å². The topological polar surface area (TPSA) is 304 Å². The van der Waals surface area contributed by atoms with Crippen molar-refractivity contribution in [1.29, 1.82) is 0 Å². The first kappa shape index (κ1) is 87.4. The summed E-state index contributed by atoms with van der Waals surface area (Å²) in [5, 5.41) is 42.6. The van der Waals surface area contributed by atoms with Crippen molar-refractivity contribution in [2.75, 3.05) is 52.4 Å². The molecule has 0 radical (unpaired) electrons. The molecule has 99 heavy (non-hydrogen) atoms. The number of allylic oxidation sites excluding steroid dienone is 2. The molecule has 0 bridgehead atoms. The third-order valence-corrected chi connectivity index (χ3v) is 27.2. The van der Waals surface area contributed by atoms with Gasteiger partial charge >= 0.3 is 18.0 Å². The van der Waals surface area contributed by atoms with Crippen molar-refractivity contribution in [3.63, 3.8) is 0 Å². The fraction of sp³-hybridized carbons (Fsp3) is 0.886. The number of nitrogens with one attached hydrogen (secondary N) is 5. The normalized spacial score (nSPS) is 35.6. The maximum atomic E-state index is 12.5. The molecule has 6 unspecified atom stereocenters. The molecule has 10 aliphatic rings. The number of hydrogen-bond donors (Lipinski definition) is 3. The zero-order chi connectivity index (χ0) is 71.0. The fourth-order valence-corrected chi connectivity index (χ4v) is 21.8. The molecule has 0 saturated heterocycles. The van der Waals surface area contributed by atoms with Gasteiger partial charge in [-0.05, 0) is 189 Å². The zero-order valence-electron chi connectivity index (χ0n) is 62.5. The SMILES string of the molecule is CC(C)CCC[C@@H](C)[C@H]1CCC2C3CC=C4C[C@@H](OC(=O)NCCN(CC(=O)[O-])CC(=O)O)CC[C@]4(C)C3CC[C@@]21C.CC(C)CCC[C@@H](C)[C@H]1CCC2C3CC=C4C[C@@H](OCCN(CC(=O)[O-])CC(=O)O)CC[C@]4(C)C3CC[C@@]21C.[NH-][C@@H]1CCCC[C@H]1[NH-].[NH-][C@@H]1CCCC[C@H]1[NH-].[Pt].[Pt]. The summed E-state index contributed by atoms with van der Waals surface area (Å²) in [5.41, 5.74) is 33.6. The largest absolute Gasteiger partial charge is 0.676 e. The zero-order valence-corrected chi connectivity index (χ0v) is 67.1. The number of carboxylic acid groups (broad SMARTS) is 4. The second-order valence-electron chi connectivity index (χ2n) is 34.5. The van der Waals surface area contributed by atoms with Crippen molar-refractivity contribution in [2.45, 2.75) is 298 Å². The maximum Gasteiger partial charge on any atom is 0.407 e. The van der Waals surface area contributed by atoms with Gasteiger partial charge in [0.15, 0.2) is 0 Å². The molecule has 8 fully saturated rings. The minimum absolute atomic E-state index is 0. The van der Waals surface area contributed by atoms with Crippen LogP contribution in [0.25, 0.3) is 22.9 Å². The van der Waals surface area contributed by atoms with Crippen LogP contribution in [0.3, 0.4) is 0 Å². The van der Waals surface area contributed by atoms with Crippen LogP contribution in [-0.4, -0.2) is 139 Å². The van der Waals surface area contributed by atoms with Crippen molar-refractivity contribution >= 4 is 30.0 Å². The Balaban J connectivity index is 0.000000286. The van der Waals surface area contributed by atoms with Crippen LogP contribution in [0.15, 0.2) is 23.3 Å². The number of rotatable bonds is 26. The van der Waals surface area contributed by atoms with E-state index in [4.69, 9.17) is 42.6 Å². The Hall–Kier alpha value is -2.27. The van der Waals surface area contributed by atoms with Crippen molar-refractivity contribution < 1.29 is 96.0 Å². The Labute approximate surface area is 626 Å². The number of carbonyl (C=O) groups excluding carboxylic acids is 3. The third-order valence-electron chi connectivity index (χ3n) is 27.2. The number of carbonyl (C=O) groups is 5. The second kappa shape index (κ2) is 40.4. The predicted molar refractivity (Wildman–Crippen MR) is 382 cm³/mol. The van der Waals surface area contributed by atoms with Crippen LogP contribution >= 0.6 is 0 Å². The molecule has 0 spiro atoms.